The zero-order valence-corrected chi connectivity index (χ0v) is 16.0. The lowest BCUT2D eigenvalue weighted by Gasteiger charge is -2.35. The first kappa shape index (κ1) is 18.9. The van der Waals surface area contributed by atoms with Gasteiger partial charge in [-0.15, -0.1) is 0 Å². The van der Waals surface area contributed by atoms with E-state index in [1.807, 2.05) is 11.9 Å². The molecule has 4 heteroatoms. The molecule has 1 N–H and O–H groups in total. The highest BCUT2D eigenvalue weighted by Crippen LogP contribution is 2.35. The number of halogens is 1. The first-order valence-electron chi connectivity index (χ1n) is 9.31. The Morgan fingerprint density at radius 2 is 1.65 bits per heavy atom. The average molecular weight is 372 g/mol. The molecule has 1 aliphatic carbocycles. The van der Waals surface area contributed by atoms with Crippen LogP contribution in [0, 0.1) is 0 Å². The van der Waals surface area contributed by atoms with E-state index in [1.54, 1.807) is 24.3 Å². The van der Waals surface area contributed by atoms with Gasteiger partial charge in [-0.2, -0.15) is 0 Å². The first-order valence-corrected chi connectivity index (χ1v) is 9.68. The normalized spacial score (nSPS) is 20.0. The van der Waals surface area contributed by atoms with Crippen LogP contribution >= 0.6 is 11.6 Å². The molecule has 1 saturated carbocycles. The minimum absolute atomic E-state index is 0.0680. The van der Waals surface area contributed by atoms with Gasteiger partial charge in [0.05, 0.1) is 0 Å². The topological polar surface area (TPSA) is 40.5 Å². The van der Waals surface area contributed by atoms with Crippen molar-refractivity contribution in [2.24, 2.45) is 0 Å². The van der Waals surface area contributed by atoms with Gasteiger partial charge in [-0.05, 0) is 73.4 Å². The summed E-state index contributed by atoms with van der Waals surface area (Å²) >= 11 is 5.91. The third-order valence-corrected chi connectivity index (χ3v) is 5.76. The number of rotatable bonds is 5. The van der Waals surface area contributed by atoms with E-state index in [-0.39, 0.29) is 12.5 Å². The fraction of sp³-hybridized carbons (Fsp3) is 0.409. The van der Waals surface area contributed by atoms with E-state index < -0.39 is 0 Å². The second-order valence-electron chi connectivity index (χ2n) is 7.14. The zero-order valence-electron chi connectivity index (χ0n) is 15.2. The maximum atomic E-state index is 12.7. The number of carbonyl (C=O) groups excluding carboxylic acids is 1. The van der Waals surface area contributed by atoms with Gasteiger partial charge in [-0.3, -0.25) is 4.79 Å². The summed E-state index contributed by atoms with van der Waals surface area (Å²) in [5.74, 6) is 0.631. The van der Waals surface area contributed by atoms with Crippen molar-refractivity contribution in [3.63, 3.8) is 0 Å². The molecule has 1 aliphatic rings. The third-order valence-electron chi connectivity index (χ3n) is 5.51. The number of amides is 1. The fourth-order valence-corrected chi connectivity index (χ4v) is 3.97. The molecule has 26 heavy (non-hydrogen) atoms. The Kier molecular flexibility index (Phi) is 6.33. The highest BCUT2D eigenvalue weighted by Gasteiger charge is 2.27. The lowest BCUT2D eigenvalue weighted by Crippen LogP contribution is -2.39. The maximum Gasteiger partial charge on any atom is 0.253 e. The second kappa shape index (κ2) is 8.70. The molecule has 0 atom stereocenters. The molecular weight excluding hydrogens is 346 g/mol. The Morgan fingerprint density at radius 3 is 2.23 bits per heavy atom. The molecule has 3 rings (SSSR count). The molecule has 0 aliphatic heterocycles. The molecule has 0 spiro atoms. The van der Waals surface area contributed by atoms with Crippen LogP contribution in [-0.2, 0) is 6.42 Å². The van der Waals surface area contributed by atoms with Crippen molar-refractivity contribution in [3.8, 4) is 0 Å². The predicted molar refractivity (Wildman–Crippen MR) is 106 cm³/mol. The van der Waals surface area contributed by atoms with Gasteiger partial charge in [0.25, 0.3) is 5.91 Å². The van der Waals surface area contributed by atoms with Gasteiger partial charge in [0.1, 0.15) is 0 Å². The molecule has 138 valence electrons. The molecule has 0 aromatic heterocycles. The zero-order chi connectivity index (χ0) is 18.5. The number of hydrogen-bond donors (Lipinski definition) is 1. The van der Waals surface area contributed by atoms with Crippen molar-refractivity contribution in [2.45, 2.75) is 44.1 Å². The smallest absolute Gasteiger partial charge is 0.253 e. The molecular formula is C22H26ClNO2. The minimum Gasteiger partial charge on any atom is -0.396 e. The lowest BCUT2D eigenvalue weighted by atomic mass is 9.81. The molecule has 2 aromatic carbocycles. The Balaban J connectivity index is 1.57. The molecule has 0 heterocycles. The van der Waals surface area contributed by atoms with Gasteiger partial charge in [0.2, 0.25) is 0 Å². The van der Waals surface area contributed by atoms with Crippen LogP contribution < -0.4 is 0 Å². The molecule has 1 amide bonds. The summed E-state index contributed by atoms with van der Waals surface area (Å²) in [5, 5.41) is 9.67. The van der Waals surface area contributed by atoms with Gasteiger partial charge in [0, 0.05) is 30.3 Å². The number of aliphatic hydroxyl groups excluding tert-OH is 1. The van der Waals surface area contributed by atoms with Crippen molar-refractivity contribution < 1.29 is 9.90 Å². The SMILES string of the molecule is CN(C(=O)c1ccc(Cl)cc1)C1CCC(c2ccc(CCO)cc2)CC1. The van der Waals surface area contributed by atoms with Gasteiger partial charge >= 0.3 is 0 Å². The maximum absolute atomic E-state index is 12.7. The Labute approximate surface area is 160 Å². The summed E-state index contributed by atoms with van der Waals surface area (Å²) in [7, 11) is 1.91. The molecule has 3 nitrogen and oxygen atoms in total. The summed E-state index contributed by atoms with van der Waals surface area (Å²) in [6, 6.07) is 16.0. The van der Waals surface area contributed by atoms with Gasteiger partial charge in [0.15, 0.2) is 0 Å². The molecule has 0 radical (unpaired) electrons. The number of benzene rings is 2. The number of hydrogen-bond acceptors (Lipinski definition) is 2. The summed E-state index contributed by atoms with van der Waals surface area (Å²) in [4.78, 5) is 14.6. The molecule has 0 bridgehead atoms. The monoisotopic (exact) mass is 371 g/mol. The molecule has 0 unspecified atom stereocenters. The van der Waals surface area contributed by atoms with Crippen LogP contribution in [0.1, 0.15) is 53.1 Å². The summed E-state index contributed by atoms with van der Waals surface area (Å²) in [5.41, 5.74) is 3.24. The molecule has 0 saturated heterocycles. The van der Waals surface area contributed by atoms with Crippen LogP contribution in [0.2, 0.25) is 5.02 Å². The van der Waals surface area contributed by atoms with Crippen molar-refractivity contribution in [3.05, 3.63) is 70.2 Å². The largest absolute Gasteiger partial charge is 0.396 e. The van der Waals surface area contributed by atoms with E-state index in [4.69, 9.17) is 16.7 Å². The summed E-state index contributed by atoms with van der Waals surface area (Å²) < 4.78 is 0. The number of aliphatic hydroxyl groups is 1. The molecule has 2 aromatic rings. The third kappa shape index (κ3) is 4.46. The van der Waals surface area contributed by atoms with Crippen LogP contribution in [0.4, 0.5) is 0 Å². The standard InChI is InChI=1S/C22H26ClNO2/c1-24(22(26)19-6-10-20(23)11-7-19)21-12-8-18(9-13-21)17-4-2-16(3-5-17)14-15-25/h2-7,10-11,18,21,25H,8-9,12-15H2,1H3. The fourth-order valence-electron chi connectivity index (χ4n) is 3.84. The molecule has 1 fully saturated rings. The van der Waals surface area contributed by atoms with Crippen molar-refractivity contribution >= 4 is 17.5 Å². The van der Waals surface area contributed by atoms with Crippen LogP contribution in [0.15, 0.2) is 48.5 Å². The van der Waals surface area contributed by atoms with Crippen molar-refractivity contribution in [1.29, 1.82) is 0 Å². The van der Waals surface area contributed by atoms with E-state index in [1.165, 1.54) is 11.1 Å². The highest BCUT2D eigenvalue weighted by atomic mass is 35.5. The predicted octanol–water partition coefficient (Wildman–Crippen LogP) is 4.67. The van der Waals surface area contributed by atoms with E-state index in [0.717, 1.165) is 25.7 Å². The lowest BCUT2D eigenvalue weighted by molar-refractivity contribution is 0.0689. The minimum atomic E-state index is 0.0680. The van der Waals surface area contributed by atoms with Gasteiger partial charge in [-0.25, -0.2) is 0 Å². The van der Waals surface area contributed by atoms with E-state index in [2.05, 4.69) is 24.3 Å². The number of nitrogens with zero attached hydrogens (tertiary/aromatic N) is 1. The van der Waals surface area contributed by atoms with E-state index in [0.29, 0.717) is 29.0 Å². The van der Waals surface area contributed by atoms with Crippen LogP contribution in [-0.4, -0.2) is 35.6 Å². The van der Waals surface area contributed by atoms with E-state index in [9.17, 15) is 4.79 Å². The van der Waals surface area contributed by atoms with Crippen molar-refractivity contribution in [1.82, 2.24) is 4.90 Å². The van der Waals surface area contributed by atoms with Crippen LogP contribution in [0.5, 0.6) is 0 Å². The number of carbonyl (C=O) groups is 1. The van der Waals surface area contributed by atoms with E-state index >= 15 is 0 Å². The van der Waals surface area contributed by atoms with Crippen molar-refractivity contribution in [2.75, 3.05) is 13.7 Å². The quantitative estimate of drug-likeness (QED) is 0.829. The van der Waals surface area contributed by atoms with Gasteiger partial charge < -0.3 is 10.0 Å². The highest BCUT2D eigenvalue weighted by molar-refractivity contribution is 6.30. The summed E-state index contributed by atoms with van der Waals surface area (Å²) in [6.45, 7) is 0.193. The first-order chi connectivity index (χ1) is 12.6. The average Bonchev–Trinajstić information content (AvgIpc) is 2.68. The Bertz CT molecular complexity index is 719. The summed E-state index contributed by atoms with van der Waals surface area (Å²) in [6.07, 6.45) is 4.97. The van der Waals surface area contributed by atoms with Crippen LogP contribution in [0.25, 0.3) is 0 Å². The second-order valence-corrected chi connectivity index (χ2v) is 7.58. The van der Waals surface area contributed by atoms with Crippen LogP contribution in [0.3, 0.4) is 0 Å². The Hall–Kier alpha value is -1.84. The van der Waals surface area contributed by atoms with Gasteiger partial charge in [-0.1, -0.05) is 35.9 Å². The Morgan fingerprint density at radius 1 is 1.04 bits per heavy atom.